The van der Waals surface area contributed by atoms with Crippen molar-refractivity contribution in [1.82, 2.24) is 15.5 Å². The van der Waals surface area contributed by atoms with E-state index >= 15 is 0 Å². The molecule has 0 aliphatic carbocycles. The van der Waals surface area contributed by atoms with Crippen LogP contribution >= 0.6 is 0 Å². The number of nitrogens with one attached hydrogen (secondary N) is 2. The molecule has 0 radical (unpaired) electrons. The van der Waals surface area contributed by atoms with E-state index in [1.54, 1.807) is 0 Å². The fourth-order valence-corrected chi connectivity index (χ4v) is 2.01. The smallest absolute Gasteiger partial charge is 0.298 e. The molecule has 1 fully saturated rings. The quantitative estimate of drug-likeness (QED) is 0.380. The summed E-state index contributed by atoms with van der Waals surface area (Å²) in [4.78, 5) is 21.6. The highest BCUT2D eigenvalue weighted by Crippen LogP contribution is 2.15. The van der Waals surface area contributed by atoms with Crippen molar-refractivity contribution in [3.63, 3.8) is 0 Å². The van der Waals surface area contributed by atoms with Crippen molar-refractivity contribution < 1.29 is 9.85 Å². The summed E-state index contributed by atoms with van der Waals surface area (Å²) in [5, 5.41) is 26.0. The Balaban J connectivity index is 2.00. The summed E-state index contributed by atoms with van der Waals surface area (Å²) < 4.78 is 0. The van der Waals surface area contributed by atoms with Crippen LogP contribution in [0.1, 0.15) is 12.8 Å². The zero-order valence-corrected chi connectivity index (χ0v) is 9.09. The largest absolute Gasteiger partial charge is 0.633 e. The van der Waals surface area contributed by atoms with Crippen LogP contribution in [-0.2, 0) is 0 Å². The van der Waals surface area contributed by atoms with Crippen LogP contribution in [0, 0.1) is 20.2 Å². The number of hydrogen-bond acceptors (Lipinski definition) is 7. The van der Waals surface area contributed by atoms with Crippen LogP contribution in [0.2, 0.25) is 0 Å². The second-order valence-corrected chi connectivity index (χ2v) is 4.11. The monoisotopic (exact) mass is 243 g/mol. The third kappa shape index (κ3) is 2.00. The maximum Gasteiger partial charge on any atom is 0.633 e. The lowest BCUT2D eigenvalue weighted by Crippen LogP contribution is -2.62. The predicted molar refractivity (Wildman–Crippen MR) is 56.7 cm³/mol. The summed E-state index contributed by atoms with van der Waals surface area (Å²) in [7, 11) is 0. The minimum absolute atomic E-state index is 0.469. The highest BCUT2D eigenvalue weighted by atomic mass is 16.7. The van der Waals surface area contributed by atoms with E-state index in [0.717, 1.165) is 25.9 Å². The van der Waals surface area contributed by atoms with E-state index in [1.165, 1.54) is 6.20 Å². The van der Waals surface area contributed by atoms with Gasteiger partial charge in [0.1, 0.15) is 9.85 Å². The molecule has 9 heteroatoms. The molecule has 1 saturated heterocycles. The summed E-state index contributed by atoms with van der Waals surface area (Å²) >= 11 is 0. The molecule has 9 nitrogen and oxygen atoms in total. The molecular formula is C8H13N5O4. The predicted octanol–water partition coefficient (Wildman–Crippen LogP) is -0.719. The van der Waals surface area contributed by atoms with Crippen molar-refractivity contribution in [1.29, 1.82) is 0 Å². The molecule has 0 aromatic rings. The molecule has 0 aromatic heterocycles. The Hall–Kier alpha value is -1.90. The van der Waals surface area contributed by atoms with Gasteiger partial charge in [-0.05, 0) is 25.9 Å². The minimum Gasteiger partial charge on any atom is -0.298 e. The molecule has 2 N–H and O–H groups in total. The summed E-state index contributed by atoms with van der Waals surface area (Å²) in [6, 6.07) is 0. The Bertz CT molecular complexity index is 362. The van der Waals surface area contributed by atoms with Crippen molar-refractivity contribution in [2.24, 2.45) is 0 Å². The molecular weight excluding hydrogens is 230 g/mol. The van der Waals surface area contributed by atoms with Crippen LogP contribution < -0.4 is 10.6 Å². The molecule has 0 atom stereocenters. The van der Waals surface area contributed by atoms with Gasteiger partial charge < -0.3 is 0 Å². The number of nitrogens with zero attached hydrogens (tertiary/aromatic N) is 3. The van der Waals surface area contributed by atoms with Crippen LogP contribution in [0.15, 0.2) is 11.9 Å². The maximum atomic E-state index is 10.7. The molecule has 0 aromatic carbocycles. The van der Waals surface area contributed by atoms with Crippen LogP contribution in [0.3, 0.4) is 0 Å². The lowest BCUT2D eigenvalue weighted by Gasteiger charge is -2.16. The molecule has 0 unspecified atom stereocenters. The minimum atomic E-state index is -2.50. The lowest BCUT2D eigenvalue weighted by molar-refractivity contribution is -0.807. The third-order valence-corrected chi connectivity index (χ3v) is 2.90. The zero-order valence-electron chi connectivity index (χ0n) is 9.09. The molecule has 2 rings (SSSR count). The molecule has 2 aliphatic heterocycles. The number of nitro groups is 2. The van der Waals surface area contributed by atoms with Crippen molar-refractivity contribution in [2.45, 2.75) is 18.8 Å². The molecule has 2 aliphatic rings. The Morgan fingerprint density at radius 1 is 1.29 bits per heavy atom. The van der Waals surface area contributed by atoms with Crippen molar-refractivity contribution in [3.8, 4) is 0 Å². The van der Waals surface area contributed by atoms with E-state index in [9.17, 15) is 20.2 Å². The molecule has 17 heavy (non-hydrogen) atoms. The summed E-state index contributed by atoms with van der Waals surface area (Å²) in [5.41, 5.74) is 0.473. The van der Waals surface area contributed by atoms with Crippen LogP contribution in [0.5, 0.6) is 0 Å². The summed E-state index contributed by atoms with van der Waals surface area (Å²) in [5.74, 6) is -2.50. The summed E-state index contributed by atoms with van der Waals surface area (Å²) in [6.07, 6.45) is 3.50. The SMILES string of the molecule is O=[N+]([O-])C1([N+](=O)[O-])NC=C(CN2CCCC2)N1. The Labute approximate surface area is 96.8 Å². The van der Waals surface area contributed by atoms with E-state index in [2.05, 4.69) is 15.5 Å². The van der Waals surface area contributed by atoms with Crippen LogP contribution in [0.4, 0.5) is 0 Å². The van der Waals surface area contributed by atoms with Crippen molar-refractivity contribution in [2.75, 3.05) is 19.6 Å². The van der Waals surface area contributed by atoms with Crippen molar-refractivity contribution in [3.05, 3.63) is 32.1 Å². The number of rotatable bonds is 4. The normalized spacial score (nSPS) is 22.7. The van der Waals surface area contributed by atoms with Gasteiger partial charge in [-0.25, -0.2) is 10.6 Å². The van der Waals surface area contributed by atoms with Gasteiger partial charge in [-0.2, -0.15) is 0 Å². The van der Waals surface area contributed by atoms with Gasteiger partial charge in [0.05, 0.1) is 5.70 Å². The van der Waals surface area contributed by atoms with Gasteiger partial charge in [-0.15, -0.1) is 0 Å². The Kier molecular flexibility index (Phi) is 2.84. The van der Waals surface area contributed by atoms with E-state index < -0.39 is 15.8 Å². The highest BCUT2D eigenvalue weighted by Gasteiger charge is 2.60. The average molecular weight is 243 g/mol. The molecule has 2 heterocycles. The Morgan fingerprint density at radius 2 is 1.88 bits per heavy atom. The van der Waals surface area contributed by atoms with Crippen LogP contribution in [0.25, 0.3) is 0 Å². The first-order chi connectivity index (χ1) is 8.04. The maximum absolute atomic E-state index is 10.7. The number of likely N-dealkylation sites (tertiary alicyclic amines) is 1. The van der Waals surface area contributed by atoms with Gasteiger partial charge in [-0.1, -0.05) is 0 Å². The fraction of sp³-hybridized carbons (Fsp3) is 0.750. The zero-order chi connectivity index (χ0) is 12.5. The van der Waals surface area contributed by atoms with Gasteiger partial charge in [-0.3, -0.25) is 25.1 Å². The van der Waals surface area contributed by atoms with E-state index in [1.807, 2.05) is 0 Å². The van der Waals surface area contributed by atoms with Gasteiger partial charge in [0, 0.05) is 12.7 Å². The molecule has 0 spiro atoms. The first-order valence-corrected chi connectivity index (χ1v) is 5.31. The second-order valence-electron chi connectivity index (χ2n) is 4.11. The van der Waals surface area contributed by atoms with E-state index in [-0.39, 0.29) is 0 Å². The molecule has 0 amide bonds. The fourth-order valence-electron chi connectivity index (χ4n) is 2.01. The van der Waals surface area contributed by atoms with Crippen molar-refractivity contribution >= 4 is 0 Å². The third-order valence-electron chi connectivity index (χ3n) is 2.90. The van der Waals surface area contributed by atoms with Gasteiger partial charge >= 0.3 is 5.91 Å². The highest BCUT2D eigenvalue weighted by molar-refractivity contribution is 5.09. The van der Waals surface area contributed by atoms with Crippen LogP contribution in [-0.4, -0.2) is 40.3 Å². The Morgan fingerprint density at radius 3 is 2.35 bits per heavy atom. The summed E-state index contributed by atoms with van der Waals surface area (Å²) in [6.45, 7) is 2.31. The van der Waals surface area contributed by atoms with Gasteiger partial charge in [0.2, 0.25) is 0 Å². The number of hydrogen-bond donors (Lipinski definition) is 2. The average Bonchev–Trinajstić information content (AvgIpc) is 2.87. The lowest BCUT2D eigenvalue weighted by atomic mass is 10.4. The topological polar surface area (TPSA) is 114 Å². The standard InChI is InChI=1S/C8H13N5O4/c14-12(15)8(13(16)17)9-5-7(10-8)6-11-3-1-2-4-11/h5,9-10H,1-4,6H2. The molecule has 0 saturated carbocycles. The van der Waals surface area contributed by atoms with Gasteiger partial charge in [0.15, 0.2) is 0 Å². The first-order valence-electron chi connectivity index (χ1n) is 5.31. The first kappa shape index (κ1) is 11.6. The second kappa shape index (κ2) is 4.17. The molecule has 94 valence electrons. The van der Waals surface area contributed by atoms with E-state index in [0.29, 0.717) is 12.2 Å². The molecule has 0 bridgehead atoms. The van der Waals surface area contributed by atoms with E-state index in [4.69, 9.17) is 0 Å². The van der Waals surface area contributed by atoms with Gasteiger partial charge in [0.25, 0.3) is 0 Å².